The molecule has 0 amide bonds. The summed E-state index contributed by atoms with van der Waals surface area (Å²) in [6, 6.07) is 5.57. The number of pyridine rings is 1. The van der Waals surface area contributed by atoms with E-state index in [2.05, 4.69) is 15.0 Å². The Morgan fingerprint density at radius 3 is 2.86 bits per heavy atom. The van der Waals surface area contributed by atoms with Gasteiger partial charge in [-0.2, -0.15) is 5.26 Å². The average molecular weight is 277 g/mol. The van der Waals surface area contributed by atoms with E-state index in [1.807, 2.05) is 12.1 Å². The molecule has 2 aromatic rings. The van der Waals surface area contributed by atoms with Crippen LogP contribution in [-0.4, -0.2) is 26.0 Å². The van der Waals surface area contributed by atoms with Crippen LogP contribution in [0.2, 0.25) is 0 Å². The summed E-state index contributed by atoms with van der Waals surface area (Å²) in [4.78, 5) is 24.9. The molecule has 0 aromatic carbocycles. The Morgan fingerprint density at radius 2 is 2.24 bits per heavy atom. The molecule has 3 rings (SSSR count). The highest BCUT2D eigenvalue weighted by Crippen LogP contribution is 2.26. The van der Waals surface area contributed by atoms with Crippen molar-refractivity contribution in [2.24, 2.45) is 12.0 Å². The van der Waals surface area contributed by atoms with Crippen LogP contribution in [0.3, 0.4) is 0 Å². The van der Waals surface area contributed by atoms with Gasteiger partial charge in [0, 0.05) is 37.4 Å². The van der Waals surface area contributed by atoms with Gasteiger partial charge < -0.3 is 4.57 Å². The van der Waals surface area contributed by atoms with Crippen molar-refractivity contribution in [3.05, 3.63) is 53.9 Å². The lowest BCUT2D eigenvalue weighted by molar-refractivity contribution is -0.114. The summed E-state index contributed by atoms with van der Waals surface area (Å²) < 4.78 is 1.73. The lowest BCUT2D eigenvalue weighted by Gasteiger charge is -2.14. The number of carbonyl (C=O) groups is 1. The fourth-order valence-electron chi connectivity index (χ4n) is 2.17. The quantitative estimate of drug-likeness (QED) is 0.833. The molecule has 102 valence electrons. The van der Waals surface area contributed by atoms with Gasteiger partial charge in [0.25, 0.3) is 0 Å². The molecule has 2 aromatic heterocycles. The van der Waals surface area contributed by atoms with E-state index in [9.17, 15) is 10.1 Å². The molecule has 0 spiro atoms. The Balaban J connectivity index is 2.18. The minimum atomic E-state index is -0.246. The standard InChI is InChI=1S/C15H11N5O/c1-20-6-5-18-15(20)14-11(8-16)13(21)7-12(19-14)10-3-2-4-17-9-10/h2-6,9H,7H2,1H3. The van der Waals surface area contributed by atoms with Crippen LogP contribution in [0.1, 0.15) is 17.8 Å². The lowest BCUT2D eigenvalue weighted by Crippen LogP contribution is -2.18. The zero-order chi connectivity index (χ0) is 14.8. The molecule has 0 atom stereocenters. The number of nitrogens with zero attached hydrogens (tertiary/aromatic N) is 5. The van der Waals surface area contributed by atoms with Crippen molar-refractivity contribution in [1.82, 2.24) is 14.5 Å². The minimum Gasteiger partial charge on any atom is -0.333 e. The molecule has 0 unspecified atom stereocenters. The molecule has 1 aliphatic heterocycles. The number of aryl methyl sites for hydroxylation is 1. The number of imidazole rings is 1. The smallest absolute Gasteiger partial charge is 0.181 e. The van der Waals surface area contributed by atoms with Crippen LogP contribution in [0.15, 0.2) is 47.5 Å². The molecule has 21 heavy (non-hydrogen) atoms. The molecule has 0 saturated heterocycles. The fourth-order valence-corrected chi connectivity index (χ4v) is 2.17. The second-order valence-corrected chi connectivity index (χ2v) is 4.60. The fraction of sp³-hybridized carbons (Fsp3) is 0.133. The predicted octanol–water partition coefficient (Wildman–Crippen LogP) is 1.51. The summed E-state index contributed by atoms with van der Waals surface area (Å²) in [5.74, 6) is 0.255. The van der Waals surface area contributed by atoms with Crippen molar-refractivity contribution >= 4 is 17.2 Å². The average Bonchev–Trinajstić information content (AvgIpc) is 2.93. The van der Waals surface area contributed by atoms with Gasteiger partial charge in [0.05, 0.1) is 12.1 Å². The Labute approximate surface area is 121 Å². The first-order valence-electron chi connectivity index (χ1n) is 6.34. The minimum absolute atomic E-state index is 0.0527. The summed E-state index contributed by atoms with van der Waals surface area (Å²) in [6.07, 6.45) is 6.76. The van der Waals surface area contributed by atoms with Crippen LogP contribution in [0, 0.1) is 11.3 Å². The monoisotopic (exact) mass is 277 g/mol. The highest BCUT2D eigenvalue weighted by atomic mass is 16.1. The number of aliphatic imine (C=N–C) groups is 1. The van der Waals surface area contributed by atoms with Crippen LogP contribution >= 0.6 is 0 Å². The van der Waals surface area contributed by atoms with Gasteiger partial charge in [-0.1, -0.05) is 6.07 Å². The second-order valence-electron chi connectivity index (χ2n) is 4.60. The first-order valence-corrected chi connectivity index (χ1v) is 6.34. The van der Waals surface area contributed by atoms with Gasteiger partial charge in [-0.3, -0.25) is 9.78 Å². The van der Waals surface area contributed by atoms with Gasteiger partial charge >= 0.3 is 0 Å². The first kappa shape index (κ1) is 12.9. The summed E-state index contributed by atoms with van der Waals surface area (Å²) in [5, 5.41) is 9.23. The predicted molar refractivity (Wildman–Crippen MR) is 76.1 cm³/mol. The van der Waals surface area contributed by atoms with Gasteiger partial charge in [0.1, 0.15) is 17.3 Å². The molecular formula is C15H11N5O. The van der Waals surface area contributed by atoms with E-state index in [1.165, 1.54) is 0 Å². The molecule has 3 heterocycles. The van der Waals surface area contributed by atoms with Crippen LogP contribution < -0.4 is 0 Å². The third kappa shape index (κ3) is 2.25. The summed E-state index contributed by atoms with van der Waals surface area (Å²) in [6.45, 7) is 0. The topological polar surface area (TPSA) is 83.9 Å². The van der Waals surface area contributed by atoms with Crippen molar-refractivity contribution in [3.8, 4) is 6.07 Å². The molecule has 0 N–H and O–H groups in total. The van der Waals surface area contributed by atoms with E-state index < -0.39 is 0 Å². The third-order valence-electron chi connectivity index (χ3n) is 3.23. The normalized spacial score (nSPS) is 14.9. The zero-order valence-electron chi connectivity index (χ0n) is 11.3. The lowest BCUT2D eigenvalue weighted by atomic mass is 9.97. The largest absolute Gasteiger partial charge is 0.333 e. The highest BCUT2D eigenvalue weighted by molar-refractivity contribution is 6.23. The van der Waals surface area contributed by atoms with Gasteiger partial charge in [-0.25, -0.2) is 9.98 Å². The molecule has 6 nitrogen and oxygen atoms in total. The molecule has 6 heteroatoms. The number of nitriles is 1. The molecule has 0 fully saturated rings. The van der Waals surface area contributed by atoms with Crippen LogP contribution in [-0.2, 0) is 11.8 Å². The Hall–Kier alpha value is -3.07. The number of allylic oxidation sites excluding steroid dienone is 1. The van der Waals surface area contributed by atoms with E-state index in [0.717, 1.165) is 5.56 Å². The number of carbonyl (C=O) groups excluding carboxylic acids is 1. The molecule has 0 radical (unpaired) electrons. The van der Waals surface area contributed by atoms with Gasteiger partial charge in [0.2, 0.25) is 0 Å². The van der Waals surface area contributed by atoms with Crippen molar-refractivity contribution in [2.75, 3.05) is 0 Å². The summed E-state index contributed by atoms with van der Waals surface area (Å²) in [5.41, 5.74) is 1.75. The second kappa shape index (κ2) is 5.13. The number of Topliss-reactive ketones (excluding diaryl/α,β-unsaturated/α-hetero) is 1. The maximum Gasteiger partial charge on any atom is 0.181 e. The Kier molecular flexibility index (Phi) is 3.16. The zero-order valence-corrected chi connectivity index (χ0v) is 11.3. The third-order valence-corrected chi connectivity index (χ3v) is 3.23. The molecule has 0 bridgehead atoms. The number of hydrogen-bond acceptors (Lipinski definition) is 5. The van der Waals surface area contributed by atoms with Gasteiger partial charge in [-0.15, -0.1) is 0 Å². The van der Waals surface area contributed by atoms with E-state index >= 15 is 0 Å². The van der Waals surface area contributed by atoms with Crippen molar-refractivity contribution in [1.29, 1.82) is 5.26 Å². The maximum absolute atomic E-state index is 12.2. The number of aromatic nitrogens is 3. The van der Waals surface area contributed by atoms with Gasteiger partial charge in [-0.05, 0) is 6.07 Å². The first-order chi connectivity index (χ1) is 10.2. The summed E-state index contributed by atoms with van der Waals surface area (Å²) >= 11 is 0. The van der Waals surface area contributed by atoms with Gasteiger partial charge in [0.15, 0.2) is 11.6 Å². The van der Waals surface area contributed by atoms with Crippen LogP contribution in [0.25, 0.3) is 5.70 Å². The van der Waals surface area contributed by atoms with E-state index in [0.29, 0.717) is 17.2 Å². The van der Waals surface area contributed by atoms with E-state index in [1.54, 1.807) is 42.5 Å². The molecule has 1 aliphatic rings. The van der Waals surface area contributed by atoms with Crippen molar-refractivity contribution < 1.29 is 4.79 Å². The van der Waals surface area contributed by atoms with E-state index in [-0.39, 0.29) is 17.8 Å². The van der Waals surface area contributed by atoms with Crippen molar-refractivity contribution in [3.63, 3.8) is 0 Å². The Bertz CT molecular complexity index is 808. The van der Waals surface area contributed by atoms with Crippen LogP contribution in [0.4, 0.5) is 0 Å². The highest BCUT2D eigenvalue weighted by Gasteiger charge is 2.26. The molecule has 0 saturated carbocycles. The Morgan fingerprint density at radius 1 is 1.38 bits per heavy atom. The number of hydrogen-bond donors (Lipinski definition) is 0. The van der Waals surface area contributed by atoms with E-state index in [4.69, 9.17) is 0 Å². The van der Waals surface area contributed by atoms with Crippen molar-refractivity contribution in [2.45, 2.75) is 6.42 Å². The number of ketones is 1. The summed E-state index contributed by atoms with van der Waals surface area (Å²) in [7, 11) is 1.79. The molecule has 0 aliphatic carbocycles. The SMILES string of the molecule is Cn1ccnc1C1=C(C#N)C(=O)CC(c2cccnc2)=N1. The van der Waals surface area contributed by atoms with Crippen LogP contribution in [0.5, 0.6) is 0 Å². The molecular weight excluding hydrogens is 266 g/mol. The number of rotatable bonds is 2. The maximum atomic E-state index is 12.2.